The zero-order chi connectivity index (χ0) is 23.0. The highest BCUT2D eigenvalue weighted by molar-refractivity contribution is 7.15. The van der Waals surface area contributed by atoms with E-state index >= 15 is 0 Å². The van der Waals surface area contributed by atoms with Gasteiger partial charge < -0.3 is 9.47 Å². The van der Waals surface area contributed by atoms with Crippen LogP contribution in [0.5, 0.6) is 0 Å². The SMILES string of the molecule is Cc1ccc(/C=C/C(=O)OC2CC[C@@H]3[C@@H](OOC/C=C/c4ccc(CP)cc4)CO[C@H]23)cc1. The van der Waals surface area contributed by atoms with E-state index in [4.69, 9.17) is 19.2 Å². The Hall–Kier alpha value is -2.30. The Bertz CT molecular complexity index is 967. The Labute approximate surface area is 197 Å². The monoisotopic (exact) mass is 466 g/mol. The van der Waals surface area contributed by atoms with Gasteiger partial charge in [-0.2, -0.15) is 0 Å². The van der Waals surface area contributed by atoms with E-state index in [1.807, 2.05) is 43.3 Å². The number of aryl methyl sites for hydroxylation is 1. The summed E-state index contributed by atoms with van der Waals surface area (Å²) in [5, 5.41) is 0. The number of carbonyl (C=O) groups is 1. The van der Waals surface area contributed by atoms with Crippen LogP contribution in [0.4, 0.5) is 0 Å². The molecule has 2 fully saturated rings. The second kappa shape index (κ2) is 11.7. The lowest BCUT2D eigenvalue weighted by Gasteiger charge is -2.18. The van der Waals surface area contributed by atoms with E-state index in [1.165, 1.54) is 17.2 Å². The third-order valence-corrected chi connectivity index (χ3v) is 6.61. The molecule has 2 aromatic rings. The van der Waals surface area contributed by atoms with Gasteiger partial charge in [0.15, 0.2) is 0 Å². The van der Waals surface area contributed by atoms with Crippen molar-refractivity contribution >= 4 is 27.4 Å². The van der Waals surface area contributed by atoms with Crippen LogP contribution in [0.25, 0.3) is 12.2 Å². The highest BCUT2D eigenvalue weighted by Gasteiger charge is 2.49. The molecule has 33 heavy (non-hydrogen) atoms. The number of carbonyl (C=O) groups excluding carboxylic acids is 1. The fourth-order valence-electron chi connectivity index (χ4n) is 4.29. The van der Waals surface area contributed by atoms with Crippen molar-refractivity contribution in [3.63, 3.8) is 0 Å². The van der Waals surface area contributed by atoms with Crippen molar-refractivity contribution in [3.8, 4) is 0 Å². The summed E-state index contributed by atoms with van der Waals surface area (Å²) >= 11 is 0. The Morgan fingerprint density at radius 3 is 2.52 bits per heavy atom. The zero-order valence-electron chi connectivity index (χ0n) is 18.9. The van der Waals surface area contributed by atoms with Crippen molar-refractivity contribution in [1.29, 1.82) is 0 Å². The van der Waals surface area contributed by atoms with Crippen LogP contribution < -0.4 is 0 Å². The molecule has 1 aliphatic heterocycles. The highest BCUT2D eigenvalue weighted by atomic mass is 31.0. The predicted octanol–water partition coefficient (Wildman–Crippen LogP) is 5.13. The molecule has 0 aromatic heterocycles. The minimum atomic E-state index is -0.346. The van der Waals surface area contributed by atoms with Gasteiger partial charge in [-0.3, -0.25) is 0 Å². The Morgan fingerprint density at radius 2 is 1.76 bits per heavy atom. The van der Waals surface area contributed by atoms with Gasteiger partial charge in [-0.1, -0.05) is 66.2 Å². The van der Waals surface area contributed by atoms with Crippen molar-refractivity contribution in [3.05, 3.63) is 82.9 Å². The van der Waals surface area contributed by atoms with Crippen LogP contribution in [0.15, 0.2) is 60.7 Å². The number of hydrogen-bond acceptors (Lipinski definition) is 5. The second-order valence-corrected chi connectivity index (χ2v) is 8.93. The number of fused-ring (bicyclic) bond motifs is 1. The van der Waals surface area contributed by atoms with Gasteiger partial charge in [-0.05, 0) is 48.7 Å². The minimum Gasteiger partial charge on any atom is -0.456 e. The zero-order valence-corrected chi connectivity index (χ0v) is 20.0. The van der Waals surface area contributed by atoms with Gasteiger partial charge in [-0.15, -0.1) is 9.24 Å². The van der Waals surface area contributed by atoms with Crippen molar-refractivity contribution in [2.75, 3.05) is 13.2 Å². The van der Waals surface area contributed by atoms with Gasteiger partial charge in [0, 0.05) is 12.0 Å². The summed E-state index contributed by atoms with van der Waals surface area (Å²) in [6.45, 7) is 2.84. The van der Waals surface area contributed by atoms with E-state index < -0.39 is 0 Å². The van der Waals surface area contributed by atoms with Crippen LogP contribution in [0.1, 0.15) is 35.1 Å². The van der Waals surface area contributed by atoms with Gasteiger partial charge in [0.1, 0.15) is 24.9 Å². The van der Waals surface area contributed by atoms with E-state index in [9.17, 15) is 4.79 Å². The Morgan fingerprint density at radius 1 is 1.03 bits per heavy atom. The number of benzene rings is 2. The highest BCUT2D eigenvalue weighted by Crippen LogP contribution is 2.39. The summed E-state index contributed by atoms with van der Waals surface area (Å²) in [5.41, 5.74) is 4.57. The molecule has 6 heteroatoms. The molecule has 0 spiro atoms. The first-order valence-corrected chi connectivity index (χ1v) is 12.2. The molecule has 2 unspecified atom stereocenters. The Balaban J connectivity index is 1.19. The lowest BCUT2D eigenvalue weighted by molar-refractivity contribution is -0.321. The maximum atomic E-state index is 12.3. The van der Waals surface area contributed by atoms with Gasteiger partial charge in [0.2, 0.25) is 0 Å². The van der Waals surface area contributed by atoms with Crippen LogP contribution >= 0.6 is 9.24 Å². The van der Waals surface area contributed by atoms with Crippen LogP contribution in [0.2, 0.25) is 0 Å². The van der Waals surface area contributed by atoms with Crippen LogP contribution in [-0.2, 0) is 30.2 Å². The third-order valence-electron chi connectivity index (χ3n) is 6.14. The first kappa shape index (κ1) is 23.8. The summed E-state index contributed by atoms with van der Waals surface area (Å²) in [6.07, 6.45) is 9.28. The average Bonchev–Trinajstić information content (AvgIpc) is 3.42. The van der Waals surface area contributed by atoms with Crippen molar-refractivity contribution in [1.82, 2.24) is 0 Å². The molecule has 0 N–H and O–H groups in total. The molecule has 5 atom stereocenters. The maximum absolute atomic E-state index is 12.3. The second-order valence-electron chi connectivity index (χ2n) is 8.53. The van der Waals surface area contributed by atoms with E-state index in [0.717, 1.165) is 30.1 Å². The predicted molar refractivity (Wildman–Crippen MR) is 132 cm³/mol. The maximum Gasteiger partial charge on any atom is 0.331 e. The topological polar surface area (TPSA) is 54.0 Å². The lowest BCUT2D eigenvalue weighted by atomic mass is 10.0. The summed E-state index contributed by atoms with van der Waals surface area (Å²) in [4.78, 5) is 23.3. The first-order chi connectivity index (χ1) is 16.1. The number of ether oxygens (including phenoxy) is 2. The molecular formula is C27H31O5P. The summed E-state index contributed by atoms with van der Waals surface area (Å²) < 4.78 is 11.6. The van der Waals surface area contributed by atoms with E-state index in [-0.39, 0.29) is 30.2 Å². The van der Waals surface area contributed by atoms with E-state index in [2.05, 4.69) is 33.5 Å². The van der Waals surface area contributed by atoms with Crippen LogP contribution in [-0.4, -0.2) is 37.5 Å². The molecule has 5 nitrogen and oxygen atoms in total. The molecule has 0 amide bonds. The third kappa shape index (κ3) is 6.61. The smallest absolute Gasteiger partial charge is 0.331 e. The van der Waals surface area contributed by atoms with Gasteiger partial charge in [0.25, 0.3) is 0 Å². The number of hydrogen-bond donors (Lipinski definition) is 0. The molecule has 4 rings (SSSR count). The van der Waals surface area contributed by atoms with Gasteiger partial charge >= 0.3 is 5.97 Å². The van der Waals surface area contributed by atoms with E-state index in [0.29, 0.717) is 13.2 Å². The summed E-state index contributed by atoms with van der Waals surface area (Å²) in [7, 11) is 2.72. The molecule has 1 saturated carbocycles. The minimum absolute atomic E-state index is 0.138. The van der Waals surface area contributed by atoms with Crippen LogP contribution in [0, 0.1) is 12.8 Å². The molecule has 0 bridgehead atoms. The fourth-order valence-corrected chi connectivity index (χ4v) is 4.56. The fraction of sp³-hybridized carbons (Fsp3) is 0.370. The Kier molecular flexibility index (Phi) is 8.46. The van der Waals surface area contributed by atoms with Crippen molar-refractivity contribution < 1.29 is 24.0 Å². The van der Waals surface area contributed by atoms with Crippen LogP contribution in [0.3, 0.4) is 0 Å². The average molecular weight is 467 g/mol. The molecule has 2 aromatic carbocycles. The lowest BCUT2D eigenvalue weighted by Crippen LogP contribution is -2.30. The van der Waals surface area contributed by atoms with Gasteiger partial charge in [0.05, 0.1) is 6.61 Å². The summed E-state index contributed by atoms with van der Waals surface area (Å²) in [5.74, 6) is -0.173. The van der Waals surface area contributed by atoms with E-state index in [1.54, 1.807) is 6.08 Å². The molecule has 0 radical (unpaired) electrons. The van der Waals surface area contributed by atoms with Gasteiger partial charge in [-0.25, -0.2) is 14.6 Å². The molecule has 1 saturated heterocycles. The molecule has 174 valence electrons. The van der Waals surface area contributed by atoms with Crippen molar-refractivity contribution in [2.45, 2.75) is 44.2 Å². The number of esters is 1. The molecule has 2 aliphatic rings. The first-order valence-electron chi connectivity index (χ1n) is 11.4. The number of rotatable bonds is 9. The molecule has 1 aliphatic carbocycles. The normalized spacial score (nSPS) is 24.5. The molecular weight excluding hydrogens is 435 g/mol. The van der Waals surface area contributed by atoms with Crippen molar-refractivity contribution in [2.24, 2.45) is 5.92 Å². The standard InChI is InChI=1S/C27H31O5P/c1-19-4-6-21(7-5-19)12-15-26(28)31-24-14-13-23-25(17-29-27(23)24)32-30-16-2-3-20-8-10-22(18-33)11-9-20/h2-12,15,23-25,27H,13-14,16-18,33H2,1H3/b3-2+,15-12+/t23-,24?,25+,27+/m1/s1. The summed E-state index contributed by atoms with van der Waals surface area (Å²) in [6, 6.07) is 16.4. The largest absolute Gasteiger partial charge is 0.456 e. The quantitative estimate of drug-likeness (QED) is 0.128. The molecule has 1 heterocycles.